The number of hydrogen-bond acceptors (Lipinski definition) is 3. The van der Waals surface area contributed by atoms with Crippen LogP contribution in [0.25, 0.3) is 0 Å². The molecular formula is C22H18N2O2S. The van der Waals surface area contributed by atoms with Crippen molar-refractivity contribution in [3.05, 3.63) is 102 Å². The van der Waals surface area contributed by atoms with Gasteiger partial charge in [-0.15, -0.1) is 0 Å². The Hall–Kier alpha value is -3.02. The average molecular weight is 374 g/mol. The number of aliphatic hydroxyl groups is 1. The number of rotatable bonds is 3. The number of β-amino-alcohol motifs (C(OH)–C–C–N with tert-alkyl or cyclic N) is 1. The van der Waals surface area contributed by atoms with Crippen molar-refractivity contribution in [1.29, 1.82) is 0 Å². The predicted molar refractivity (Wildman–Crippen MR) is 109 cm³/mol. The van der Waals surface area contributed by atoms with E-state index in [9.17, 15) is 9.90 Å². The van der Waals surface area contributed by atoms with E-state index in [2.05, 4.69) is 0 Å². The van der Waals surface area contributed by atoms with Crippen LogP contribution in [-0.4, -0.2) is 27.6 Å². The van der Waals surface area contributed by atoms with Crippen molar-refractivity contribution in [1.82, 2.24) is 4.90 Å². The lowest BCUT2D eigenvalue weighted by Crippen LogP contribution is -2.44. The number of carbonyl (C=O) groups is 1. The summed E-state index contributed by atoms with van der Waals surface area (Å²) in [5.74, 6) is -0.228. The molecule has 1 aliphatic heterocycles. The van der Waals surface area contributed by atoms with Gasteiger partial charge in [-0.1, -0.05) is 66.7 Å². The van der Waals surface area contributed by atoms with E-state index in [0.29, 0.717) is 11.1 Å². The Morgan fingerprint density at radius 2 is 1.37 bits per heavy atom. The number of thiocarbonyl (C=S) groups is 1. The first kappa shape index (κ1) is 17.4. The van der Waals surface area contributed by atoms with Crippen LogP contribution in [-0.2, 0) is 5.72 Å². The van der Waals surface area contributed by atoms with Gasteiger partial charge in [0.1, 0.15) is 0 Å². The molecule has 1 saturated heterocycles. The molecule has 0 unspecified atom stereocenters. The monoisotopic (exact) mass is 374 g/mol. The van der Waals surface area contributed by atoms with Crippen LogP contribution in [0.2, 0.25) is 0 Å². The van der Waals surface area contributed by atoms with Gasteiger partial charge in [0.2, 0.25) is 0 Å². The third-order valence-electron chi connectivity index (χ3n) is 4.69. The summed E-state index contributed by atoms with van der Waals surface area (Å²) in [6.45, 7) is 0.0540. The maximum absolute atomic E-state index is 13.1. The van der Waals surface area contributed by atoms with Crippen LogP contribution in [0.4, 0.5) is 5.69 Å². The maximum Gasteiger partial charge on any atom is 0.260 e. The highest BCUT2D eigenvalue weighted by atomic mass is 32.1. The van der Waals surface area contributed by atoms with Crippen LogP contribution in [0.3, 0.4) is 0 Å². The molecule has 0 aromatic heterocycles. The first-order chi connectivity index (χ1) is 13.1. The molecule has 4 rings (SSSR count). The summed E-state index contributed by atoms with van der Waals surface area (Å²) in [5, 5.41) is 11.9. The molecule has 27 heavy (non-hydrogen) atoms. The van der Waals surface area contributed by atoms with Gasteiger partial charge in [0.25, 0.3) is 5.91 Å². The summed E-state index contributed by atoms with van der Waals surface area (Å²) in [6, 6.07) is 27.7. The third-order valence-corrected chi connectivity index (χ3v) is 5.09. The molecule has 3 aromatic carbocycles. The molecule has 0 saturated carbocycles. The lowest BCUT2D eigenvalue weighted by Gasteiger charge is -2.33. The zero-order chi connectivity index (χ0) is 18.9. The number of amides is 1. The number of hydrogen-bond donors (Lipinski definition) is 1. The molecule has 1 heterocycles. The Morgan fingerprint density at radius 1 is 0.852 bits per heavy atom. The van der Waals surface area contributed by atoms with Crippen LogP contribution in [0.1, 0.15) is 15.9 Å². The first-order valence-electron chi connectivity index (χ1n) is 8.65. The summed E-state index contributed by atoms with van der Waals surface area (Å²) < 4.78 is 0. The van der Waals surface area contributed by atoms with Crippen molar-refractivity contribution in [3.8, 4) is 0 Å². The highest BCUT2D eigenvalue weighted by Crippen LogP contribution is 2.38. The molecule has 1 aliphatic rings. The molecule has 3 aromatic rings. The lowest BCUT2D eigenvalue weighted by molar-refractivity contribution is 0.0432. The standard InChI is InChI=1S/C22H18N2O2S/c25-20(17-10-4-1-5-11-17)23-16-22(26,18-12-6-2-7-13-18)24(21(23)27)19-14-8-3-9-15-19/h1-15,26H,16H2/t22-/m0/s1. The lowest BCUT2D eigenvalue weighted by atomic mass is 10.0. The summed E-state index contributed by atoms with van der Waals surface area (Å²) in [4.78, 5) is 16.2. The zero-order valence-corrected chi connectivity index (χ0v) is 15.3. The van der Waals surface area contributed by atoms with E-state index in [-0.39, 0.29) is 17.6 Å². The quantitative estimate of drug-likeness (QED) is 0.709. The van der Waals surface area contributed by atoms with Gasteiger partial charge in [-0.3, -0.25) is 14.6 Å². The molecule has 1 atom stereocenters. The summed E-state index contributed by atoms with van der Waals surface area (Å²) in [5.41, 5.74) is 0.506. The van der Waals surface area contributed by atoms with Gasteiger partial charge in [0.15, 0.2) is 10.8 Å². The molecular weight excluding hydrogens is 356 g/mol. The highest BCUT2D eigenvalue weighted by molar-refractivity contribution is 7.80. The topological polar surface area (TPSA) is 43.8 Å². The van der Waals surface area contributed by atoms with Crippen LogP contribution < -0.4 is 4.90 Å². The van der Waals surface area contributed by atoms with E-state index in [1.54, 1.807) is 17.0 Å². The van der Waals surface area contributed by atoms with Gasteiger partial charge in [-0.25, -0.2) is 0 Å². The fourth-order valence-corrected chi connectivity index (χ4v) is 3.76. The Kier molecular flexibility index (Phi) is 4.48. The minimum absolute atomic E-state index is 0.0540. The second-order valence-electron chi connectivity index (χ2n) is 6.39. The predicted octanol–water partition coefficient (Wildman–Crippen LogP) is 3.78. The molecule has 0 bridgehead atoms. The van der Waals surface area contributed by atoms with E-state index in [0.717, 1.165) is 5.69 Å². The van der Waals surface area contributed by atoms with E-state index in [4.69, 9.17) is 12.2 Å². The number of benzene rings is 3. The van der Waals surface area contributed by atoms with Crippen molar-refractivity contribution in [2.75, 3.05) is 11.4 Å². The molecule has 0 spiro atoms. The van der Waals surface area contributed by atoms with Gasteiger partial charge in [0, 0.05) is 16.8 Å². The highest BCUT2D eigenvalue weighted by Gasteiger charge is 2.50. The molecule has 1 fully saturated rings. The Bertz CT molecular complexity index is 963. The maximum atomic E-state index is 13.1. The molecule has 1 amide bonds. The third kappa shape index (κ3) is 3.01. The SMILES string of the molecule is O=C(c1ccccc1)N1C[C@](O)(c2ccccc2)N(c2ccccc2)C1=S. The normalized spacial score (nSPS) is 19.4. The van der Waals surface area contributed by atoms with Gasteiger partial charge >= 0.3 is 0 Å². The Morgan fingerprint density at radius 3 is 1.96 bits per heavy atom. The van der Waals surface area contributed by atoms with Gasteiger partial charge in [0.05, 0.1) is 6.54 Å². The molecule has 0 aliphatic carbocycles. The fourth-order valence-electron chi connectivity index (χ4n) is 3.36. The summed E-state index contributed by atoms with van der Waals surface area (Å²) in [7, 11) is 0. The van der Waals surface area contributed by atoms with Crippen molar-refractivity contribution >= 4 is 28.9 Å². The van der Waals surface area contributed by atoms with Crippen molar-refractivity contribution < 1.29 is 9.90 Å². The van der Waals surface area contributed by atoms with E-state index < -0.39 is 5.72 Å². The van der Waals surface area contributed by atoms with Crippen LogP contribution >= 0.6 is 12.2 Å². The second kappa shape index (κ2) is 6.95. The van der Waals surface area contributed by atoms with Gasteiger partial charge < -0.3 is 5.11 Å². The van der Waals surface area contributed by atoms with Crippen LogP contribution in [0.5, 0.6) is 0 Å². The smallest absolute Gasteiger partial charge is 0.260 e. The Labute approximate surface area is 163 Å². The number of anilines is 1. The number of para-hydroxylation sites is 1. The van der Waals surface area contributed by atoms with Crippen molar-refractivity contribution in [2.45, 2.75) is 5.72 Å². The number of nitrogens with zero attached hydrogens (tertiary/aromatic N) is 2. The Balaban J connectivity index is 1.80. The van der Waals surface area contributed by atoms with Crippen LogP contribution in [0.15, 0.2) is 91.0 Å². The summed E-state index contributed by atoms with van der Waals surface area (Å²) in [6.07, 6.45) is 0. The summed E-state index contributed by atoms with van der Waals surface area (Å²) >= 11 is 5.64. The molecule has 5 heteroatoms. The van der Waals surface area contributed by atoms with Gasteiger partial charge in [-0.2, -0.15) is 0 Å². The second-order valence-corrected chi connectivity index (χ2v) is 6.76. The van der Waals surface area contributed by atoms with E-state index in [1.165, 1.54) is 4.90 Å². The average Bonchev–Trinajstić information content (AvgIpc) is 3.01. The van der Waals surface area contributed by atoms with Crippen LogP contribution in [0, 0.1) is 0 Å². The van der Waals surface area contributed by atoms with E-state index in [1.807, 2.05) is 78.9 Å². The van der Waals surface area contributed by atoms with Gasteiger partial charge in [-0.05, 0) is 36.5 Å². The molecule has 134 valence electrons. The number of carbonyl (C=O) groups excluding carboxylic acids is 1. The van der Waals surface area contributed by atoms with Crippen molar-refractivity contribution in [2.24, 2.45) is 0 Å². The molecule has 1 N–H and O–H groups in total. The minimum atomic E-state index is -1.44. The fraction of sp³-hybridized carbons (Fsp3) is 0.0909. The zero-order valence-electron chi connectivity index (χ0n) is 14.5. The van der Waals surface area contributed by atoms with Crippen molar-refractivity contribution in [3.63, 3.8) is 0 Å². The molecule has 4 nitrogen and oxygen atoms in total. The molecule has 0 radical (unpaired) electrons. The first-order valence-corrected chi connectivity index (χ1v) is 9.06. The van der Waals surface area contributed by atoms with E-state index >= 15 is 0 Å². The minimum Gasteiger partial charge on any atom is -0.365 e. The largest absolute Gasteiger partial charge is 0.365 e.